The van der Waals surface area contributed by atoms with Gasteiger partial charge in [-0.05, 0) is 41.7 Å². The van der Waals surface area contributed by atoms with Gasteiger partial charge in [0.15, 0.2) is 0 Å². The van der Waals surface area contributed by atoms with Crippen molar-refractivity contribution in [1.82, 2.24) is 20.2 Å². The molecule has 1 aromatic heterocycles. The van der Waals surface area contributed by atoms with Gasteiger partial charge < -0.3 is 15.1 Å². The van der Waals surface area contributed by atoms with E-state index in [9.17, 15) is 4.79 Å². The Labute approximate surface area is 171 Å². The van der Waals surface area contributed by atoms with E-state index in [1.807, 2.05) is 19.3 Å². The monoisotopic (exact) mass is 389 g/mol. The Morgan fingerprint density at radius 1 is 1.14 bits per heavy atom. The number of amides is 2. The van der Waals surface area contributed by atoms with Crippen molar-refractivity contribution in [1.29, 1.82) is 0 Å². The summed E-state index contributed by atoms with van der Waals surface area (Å²) < 4.78 is 0. The number of hydrogen-bond donors (Lipinski definition) is 1. The summed E-state index contributed by atoms with van der Waals surface area (Å²) in [6.45, 7) is 2.60. The maximum absolute atomic E-state index is 11.7. The molecule has 1 aliphatic heterocycles. The van der Waals surface area contributed by atoms with Crippen LogP contribution in [0.1, 0.15) is 12.8 Å². The number of aromatic nitrogens is 2. The van der Waals surface area contributed by atoms with E-state index in [0.29, 0.717) is 5.92 Å². The lowest BCUT2D eigenvalue weighted by Crippen LogP contribution is -2.42. The minimum Gasteiger partial charge on any atom is -0.341 e. The topological polar surface area (TPSA) is 61.4 Å². The van der Waals surface area contributed by atoms with Crippen LogP contribution in [0.25, 0.3) is 22.0 Å². The molecular weight excluding hydrogens is 362 g/mol. The molecule has 1 fully saturated rings. The van der Waals surface area contributed by atoms with Crippen LogP contribution in [0.2, 0.25) is 0 Å². The number of nitrogens with zero attached hydrogens (tertiary/aromatic N) is 4. The van der Waals surface area contributed by atoms with E-state index in [1.54, 1.807) is 11.9 Å². The largest absolute Gasteiger partial charge is 0.341 e. The number of carbonyl (C=O) groups is 1. The van der Waals surface area contributed by atoms with E-state index >= 15 is 0 Å². The molecule has 1 saturated heterocycles. The van der Waals surface area contributed by atoms with Gasteiger partial charge in [0.25, 0.3) is 0 Å². The third-order valence-electron chi connectivity index (χ3n) is 5.68. The molecule has 3 aromatic rings. The lowest BCUT2D eigenvalue weighted by atomic mass is 9.96. The number of fused-ring (bicyclic) bond motifs is 1. The van der Waals surface area contributed by atoms with E-state index in [1.165, 1.54) is 10.8 Å². The van der Waals surface area contributed by atoms with Crippen LogP contribution in [-0.4, -0.2) is 54.6 Å². The van der Waals surface area contributed by atoms with E-state index in [4.69, 9.17) is 4.98 Å². The average Bonchev–Trinajstić information content (AvgIpc) is 2.78. The summed E-state index contributed by atoms with van der Waals surface area (Å²) in [4.78, 5) is 25.1. The SMILES string of the molecule is CNC(=O)N(C)CC1CCN(c2nccc(-c3ccc4ccccc4c3)n2)CC1. The second-order valence-corrected chi connectivity index (χ2v) is 7.67. The van der Waals surface area contributed by atoms with Gasteiger partial charge in [-0.15, -0.1) is 0 Å². The van der Waals surface area contributed by atoms with Gasteiger partial charge in [0.1, 0.15) is 0 Å². The van der Waals surface area contributed by atoms with Gasteiger partial charge in [-0.2, -0.15) is 0 Å². The van der Waals surface area contributed by atoms with Crippen LogP contribution in [0.15, 0.2) is 54.7 Å². The van der Waals surface area contributed by atoms with Crippen LogP contribution >= 0.6 is 0 Å². The summed E-state index contributed by atoms with van der Waals surface area (Å²) in [7, 11) is 3.52. The fourth-order valence-electron chi connectivity index (χ4n) is 3.99. The number of rotatable bonds is 4. The van der Waals surface area contributed by atoms with Crippen LogP contribution in [-0.2, 0) is 0 Å². The summed E-state index contributed by atoms with van der Waals surface area (Å²) in [5, 5.41) is 5.12. The second-order valence-electron chi connectivity index (χ2n) is 7.67. The van der Waals surface area contributed by atoms with E-state index in [-0.39, 0.29) is 6.03 Å². The van der Waals surface area contributed by atoms with Crippen molar-refractivity contribution in [2.24, 2.45) is 5.92 Å². The first-order chi connectivity index (χ1) is 14.1. The number of nitrogens with one attached hydrogen (secondary N) is 1. The maximum atomic E-state index is 11.7. The Morgan fingerprint density at radius 2 is 1.90 bits per heavy atom. The zero-order valence-corrected chi connectivity index (χ0v) is 17.0. The zero-order valence-electron chi connectivity index (χ0n) is 17.0. The van der Waals surface area contributed by atoms with Gasteiger partial charge in [-0.3, -0.25) is 0 Å². The molecule has 2 aromatic carbocycles. The third kappa shape index (κ3) is 4.31. The van der Waals surface area contributed by atoms with E-state index in [2.05, 4.69) is 57.7 Å². The minimum atomic E-state index is -0.0288. The highest BCUT2D eigenvalue weighted by atomic mass is 16.2. The molecule has 0 aliphatic carbocycles. The molecule has 6 nitrogen and oxygen atoms in total. The Morgan fingerprint density at radius 3 is 2.66 bits per heavy atom. The quantitative estimate of drug-likeness (QED) is 0.738. The maximum Gasteiger partial charge on any atom is 0.316 e. The number of carbonyl (C=O) groups excluding carboxylic acids is 1. The van der Waals surface area contributed by atoms with Crippen LogP contribution in [0.3, 0.4) is 0 Å². The number of benzene rings is 2. The van der Waals surface area contributed by atoms with Gasteiger partial charge >= 0.3 is 6.03 Å². The highest BCUT2D eigenvalue weighted by molar-refractivity contribution is 5.86. The van der Waals surface area contributed by atoms with Crippen molar-refractivity contribution < 1.29 is 4.79 Å². The summed E-state index contributed by atoms with van der Waals surface area (Å²) in [5.41, 5.74) is 2.05. The molecule has 0 spiro atoms. The molecular formula is C23H27N5O. The Hall–Kier alpha value is -3.15. The van der Waals surface area contributed by atoms with Crippen LogP contribution in [0, 0.1) is 5.92 Å². The second kappa shape index (κ2) is 8.47. The summed E-state index contributed by atoms with van der Waals surface area (Å²) in [6, 6.07) is 16.7. The first-order valence-corrected chi connectivity index (χ1v) is 10.1. The molecule has 0 saturated carbocycles. The van der Waals surface area contributed by atoms with Crippen LogP contribution < -0.4 is 10.2 Å². The molecule has 6 heteroatoms. The summed E-state index contributed by atoms with van der Waals surface area (Å²) in [6.07, 6.45) is 3.91. The normalized spacial score (nSPS) is 14.8. The number of hydrogen-bond acceptors (Lipinski definition) is 4. The molecule has 0 unspecified atom stereocenters. The molecule has 4 rings (SSSR count). The van der Waals surface area contributed by atoms with Crippen LogP contribution in [0.5, 0.6) is 0 Å². The fourth-order valence-corrected chi connectivity index (χ4v) is 3.99. The Kier molecular flexibility index (Phi) is 5.60. The van der Waals surface area contributed by atoms with Gasteiger partial charge in [-0.1, -0.05) is 36.4 Å². The highest BCUT2D eigenvalue weighted by Crippen LogP contribution is 2.26. The first-order valence-electron chi connectivity index (χ1n) is 10.1. The average molecular weight is 390 g/mol. The molecule has 0 atom stereocenters. The van der Waals surface area contributed by atoms with Crippen LogP contribution in [0.4, 0.5) is 10.7 Å². The Bertz CT molecular complexity index is 997. The summed E-state index contributed by atoms with van der Waals surface area (Å²) in [5.74, 6) is 1.30. The number of anilines is 1. The standard InChI is InChI=1S/C23H27N5O/c1-24-23(29)27(2)16-17-10-13-28(14-11-17)22-25-12-9-21(26-22)20-8-7-18-5-3-4-6-19(18)15-20/h3-9,12,15,17H,10-11,13-14,16H2,1-2H3,(H,24,29). The van der Waals surface area contributed by atoms with Gasteiger partial charge in [0, 0.05) is 45.5 Å². The van der Waals surface area contributed by atoms with Crippen molar-refractivity contribution in [3.63, 3.8) is 0 Å². The molecule has 1 N–H and O–H groups in total. The van der Waals surface area contributed by atoms with Crippen molar-refractivity contribution in [3.8, 4) is 11.3 Å². The fraction of sp³-hybridized carbons (Fsp3) is 0.348. The van der Waals surface area contributed by atoms with Crippen molar-refractivity contribution >= 4 is 22.8 Å². The lowest BCUT2D eigenvalue weighted by molar-refractivity contribution is 0.197. The van der Waals surface area contributed by atoms with Gasteiger partial charge in [0.05, 0.1) is 5.69 Å². The molecule has 0 radical (unpaired) electrons. The summed E-state index contributed by atoms with van der Waals surface area (Å²) >= 11 is 0. The molecule has 150 valence electrons. The predicted octanol–water partition coefficient (Wildman–Crippen LogP) is 3.78. The van der Waals surface area contributed by atoms with E-state index in [0.717, 1.165) is 49.7 Å². The molecule has 2 heterocycles. The molecule has 29 heavy (non-hydrogen) atoms. The number of piperidine rings is 1. The minimum absolute atomic E-state index is 0.0288. The van der Waals surface area contributed by atoms with Crippen molar-refractivity contribution in [3.05, 3.63) is 54.7 Å². The predicted molar refractivity (Wildman–Crippen MR) is 117 cm³/mol. The molecule has 0 bridgehead atoms. The third-order valence-corrected chi connectivity index (χ3v) is 5.68. The van der Waals surface area contributed by atoms with Gasteiger partial charge in [-0.25, -0.2) is 14.8 Å². The molecule has 2 amide bonds. The van der Waals surface area contributed by atoms with Gasteiger partial charge in [0.2, 0.25) is 5.95 Å². The van der Waals surface area contributed by atoms with Crippen molar-refractivity contribution in [2.45, 2.75) is 12.8 Å². The smallest absolute Gasteiger partial charge is 0.316 e. The Balaban J connectivity index is 1.45. The number of urea groups is 1. The van der Waals surface area contributed by atoms with E-state index < -0.39 is 0 Å². The zero-order chi connectivity index (χ0) is 20.2. The lowest BCUT2D eigenvalue weighted by Gasteiger charge is -2.33. The first kappa shape index (κ1) is 19.2. The van der Waals surface area contributed by atoms with Crippen molar-refractivity contribution in [2.75, 3.05) is 38.6 Å². The molecule has 1 aliphatic rings. The highest BCUT2D eigenvalue weighted by Gasteiger charge is 2.23.